The van der Waals surface area contributed by atoms with Crippen LogP contribution < -0.4 is 4.90 Å². The van der Waals surface area contributed by atoms with Crippen molar-refractivity contribution in [2.24, 2.45) is 5.92 Å². The van der Waals surface area contributed by atoms with Gasteiger partial charge in [-0.05, 0) is 22.0 Å². The first-order chi connectivity index (χ1) is 9.97. The van der Waals surface area contributed by atoms with Crippen molar-refractivity contribution in [2.75, 3.05) is 17.2 Å². The van der Waals surface area contributed by atoms with E-state index >= 15 is 0 Å². The number of anilines is 1. The van der Waals surface area contributed by atoms with Crippen molar-refractivity contribution in [1.29, 1.82) is 0 Å². The standard InChI is InChI=1S/C11H9BrClF3N2O3S/c12-8-3-17-9(2-7(8)11(14,15)16)18-4-6(1-10(18)19)5-22(13,20)21/h2-3,6H,1,4-5H2. The van der Waals surface area contributed by atoms with Gasteiger partial charge in [0, 0.05) is 40.2 Å². The van der Waals surface area contributed by atoms with Gasteiger partial charge in [-0.1, -0.05) is 0 Å². The van der Waals surface area contributed by atoms with Crippen LogP contribution in [0.25, 0.3) is 0 Å². The predicted octanol–water partition coefficient (Wildman–Crippen LogP) is 2.78. The quantitative estimate of drug-likeness (QED) is 0.704. The number of alkyl halides is 3. The van der Waals surface area contributed by atoms with Crippen molar-refractivity contribution in [3.63, 3.8) is 0 Å². The number of carbonyl (C=O) groups is 1. The summed E-state index contributed by atoms with van der Waals surface area (Å²) in [5.41, 5.74) is -0.960. The maximum atomic E-state index is 12.9. The SMILES string of the molecule is O=C1CC(CS(=O)(=O)Cl)CN1c1cc(C(F)(F)F)c(Br)cn1. The van der Waals surface area contributed by atoms with Crippen LogP contribution in [0.3, 0.4) is 0 Å². The Morgan fingerprint density at radius 3 is 2.64 bits per heavy atom. The third kappa shape index (κ3) is 4.11. The summed E-state index contributed by atoms with van der Waals surface area (Å²) in [4.78, 5) is 16.7. The van der Waals surface area contributed by atoms with Gasteiger partial charge in [-0.2, -0.15) is 13.2 Å². The lowest BCUT2D eigenvalue weighted by molar-refractivity contribution is -0.138. The number of hydrogen-bond acceptors (Lipinski definition) is 4. The summed E-state index contributed by atoms with van der Waals surface area (Å²) in [6, 6.07) is 0.750. The zero-order chi connectivity index (χ0) is 16.7. The van der Waals surface area contributed by atoms with Gasteiger partial charge in [-0.3, -0.25) is 9.69 Å². The minimum atomic E-state index is -4.60. The van der Waals surface area contributed by atoms with Crippen LogP contribution in [0.1, 0.15) is 12.0 Å². The van der Waals surface area contributed by atoms with Gasteiger partial charge in [0.05, 0.1) is 11.3 Å². The normalized spacial score (nSPS) is 19.8. The highest BCUT2D eigenvalue weighted by atomic mass is 79.9. The number of pyridine rings is 1. The molecule has 1 atom stereocenters. The summed E-state index contributed by atoms with van der Waals surface area (Å²) in [5, 5.41) is 0. The Balaban J connectivity index is 2.28. The van der Waals surface area contributed by atoms with E-state index in [1.54, 1.807) is 0 Å². The number of nitrogens with zero attached hydrogens (tertiary/aromatic N) is 2. The van der Waals surface area contributed by atoms with Gasteiger partial charge in [0.1, 0.15) is 5.82 Å². The first kappa shape index (κ1) is 17.5. The monoisotopic (exact) mass is 420 g/mol. The van der Waals surface area contributed by atoms with Gasteiger partial charge in [-0.15, -0.1) is 0 Å². The lowest BCUT2D eigenvalue weighted by Crippen LogP contribution is -2.26. The van der Waals surface area contributed by atoms with Crippen molar-refractivity contribution in [3.8, 4) is 0 Å². The Morgan fingerprint density at radius 2 is 2.09 bits per heavy atom. The third-order valence-electron chi connectivity index (χ3n) is 3.06. The lowest BCUT2D eigenvalue weighted by Gasteiger charge is -2.17. The molecule has 5 nitrogen and oxygen atoms in total. The van der Waals surface area contributed by atoms with Crippen LogP contribution in [-0.4, -0.2) is 31.6 Å². The molecule has 0 bridgehead atoms. The summed E-state index contributed by atoms with van der Waals surface area (Å²) in [7, 11) is 1.34. The molecular formula is C11H9BrClF3N2O3S. The van der Waals surface area contributed by atoms with Gasteiger partial charge in [-0.25, -0.2) is 13.4 Å². The molecule has 1 unspecified atom stereocenters. The average molecular weight is 422 g/mol. The predicted molar refractivity (Wildman–Crippen MR) is 77.0 cm³/mol. The Morgan fingerprint density at radius 1 is 1.45 bits per heavy atom. The molecule has 22 heavy (non-hydrogen) atoms. The molecule has 122 valence electrons. The molecule has 0 saturated carbocycles. The molecule has 1 amide bonds. The summed E-state index contributed by atoms with van der Waals surface area (Å²) in [6.45, 7) is -0.0449. The van der Waals surface area contributed by atoms with E-state index in [1.165, 1.54) is 0 Å². The van der Waals surface area contributed by atoms with Crippen LogP contribution in [0, 0.1) is 5.92 Å². The number of hydrogen-bond donors (Lipinski definition) is 0. The molecule has 1 saturated heterocycles. The zero-order valence-electron chi connectivity index (χ0n) is 10.8. The lowest BCUT2D eigenvalue weighted by atomic mass is 10.1. The fourth-order valence-corrected chi connectivity index (χ4v) is 3.95. The number of amides is 1. The second-order valence-corrected chi connectivity index (χ2v) is 8.48. The summed E-state index contributed by atoms with van der Waals surface area (Å²) in [5.74, 6) is -1.66. The molecule has 2 rings (SSSR count). The van der Waals surface area contributed by atoms with E-state index in [4.69, 9.17) is 10.7 Å². The zero-order valence-corrected chi connectivity index (χ0v) is 13.9. The van der Waals surface area contributed by atoms with Crippen LogP contribution >= 0.6 is 26.6 Å². The topological polar surface area (TPSA) is 67.3 Å². The van der Waals surface area contributed by atoms with Crippen molar-refractivity contribution in [2.45, 2.75) is 12.6 Å². The maximum Gasteiger partial charge on any atom is 0.417 e. The van der Waals surface area contributed by atoms with Crippen LogP contribution in [0.4, 0.5) is 19.0 Å². The van der Waals surface area contributed by atoms with Crippen LogP contribution in [0.15, 0.2) is 16.7 Å². The van der Waals surface area contributed by atoms with E-state index < -0.39 is 38.4 Å². The van der Waals surface area contributed by atoms with Crippen LogP contribution in [-0.2, 0) is 20.0 Å². The van der Waals surface area contributed by atoms with Gasteiger partial charge in [0.25, 0.3) is 0 Å². The number of carbonyl (C=O) groups excluding carboxylic acids is 1. The number of halogens is 5. The van der Waals surface area contributed by atoms with Crippen molar-refractivity contribution >= 4 is 47.4 Å². The minimum Gasteiger partial charge on any atom is -0.296 e. The van der Waals surface area contributed by atoms with Crippen molar-refractivity contribution in [3.05, 3.63) is 22.3 Å². The van der Waals surface area contributed by atoms with Crippen molar-refractivity contribution < 1.29 is 26.4 Å². The molecule has 2 heterocycles. The van der Waals surface area contributed by atoms with E-state index in [1.807, 2.05) is 0 Å². The van der Waals surface area contributed by atoms with E-state index in [-0.39, 0.29) is 23.3 Å². The Kier molecular flexibility index (Phi) is 4.74. The molecule has 1 aromatic heterocycles. The van der Waals surface area contributed by atoms with Gasteiger partial charge >= 0.3 is 6.18 Å². The highest BCUT2D eigenvalue weighted by Crippen LogP contribution is 2.37. The maximum absolute atomic E-state index is 12.9. The molecule has 0 spiro atoms. The summed E-state index contributed by atoms with van der Waals surface area (Å²) in [6.07, 6.45) is -3.75. The fourth-order valence-electron chi connectivity index (χ4n) is 2.19. The molecular weight excluding hydrogens is 413 g/mol. The van der Waals surface area contributed by atoms with Crippen molar-refractivity contribution in [1.82, 2.24) is 4.98 Å². The highest BCUT2D eigenvalue weighted by Gasteiger charge is 2.37. The molecule has 1 aromatic rings. The number of aromatic nitrogens is 1. The Hall–Kier alpha value is -0.870. The van der Waals surface area contributed by atoms with Crippen LogP contribution in [0.2, 0.25) is 0 Å². The average Bonchev–Trinajstić information content (AvgIpc) is 2.66. The molecule has 1 aliphatic heterocycles. The van der Waals surface area contributed by atoms with E-state index in [2.05, 4.69) is 20.9 Å². The summed E-state index contributed by atoms with van der Waals surface area (Å²) >= 11 is 2.76. The molecule has 11 heteroatoms. The Bertz CT molecular complexity index is 711. The third-order valence-corrected chi connectivity index (χ3v) is 4.94. The van der Waals surface area contributed by atoms with Crippen LogP contribution in [0.5, 0.6) is 0 Å². The fraction of sp³-hybridized carbons (Fsp3) is 0.455. The first-order valence-corrected chi connectivity index (χ1v) is 9.20. The molecule has 0 N–H and O–H groups in total. The van der Waals surface area contributed by atoms with E-state index in [9.17, 15) is 26.4 Å². The van der Waals surface area contributed by atoms with E-state index in [0.29, 0.717) is 0 Å². The van der Waals surface area contributed by atoms with Gasteiger partial charge < -0.3 is 0 Å². The smallest absolute Gasteiger partial charge is 0.296 e. The number of rotatable bonds is 3. The summed E-state index contributed by atoms with van der Waals surface area (Å²) < 4.78 is 60.4. The Labute approximate surface area is 137 Å². The molecule has 0 aliphatic carbocycles. The largest absolute Gasteiger partial charge is 0.417 e. The molecule has 0 aromatic carbocycles. The molecule has 1 aliphatic rings. The van der Waals surface area contributed by atoms with Gasteiger partial charge in [0.15, 0.2) is 0 Å². The van der Waals surface area contributed by atoms with E-state index in [0.717, 1.165) is 17.2 Å². The molecule has 0 radical (unpaired) electrons. The van der Waals surface area contributed by atoms with Gasteiger partial charge in [0.2, 0.25) is 15.0 Å². The second-order valence-electron chi connectivity index (χ2n) is 4.80. The first-order valence-electron chi connectivity index (χ1n) is 5.93. The molecule has 1 fully saturated rings. The highest BCUT2D eigenvalue weighted by molar-refractivity contribution is 9.10. The minimum absolute atomic E-state index is 0.0449. The second kappa shape index (κ2) is 5.97.